The highest BCUT2D eigenvalue weighted by Crippen LogP contribution is 2.31. The van der Waals surface area contributed by atoms with Crippen molar-refractivity contribution < 1.29 is 10.2 Å². The number of hydrogen-bond donors (Lipinski definition) is 2. The molecule has 0 amide bonds. The molecule has 72 valence electrons. The molecule has 0 radical (unpaired) electrons. The molecule has 2 heteroatoms. The summed E-state index contributed by atoms with van der Waals surface area (Å²) in [5, 5.41) is 19.3. The van der Waals surface area contributed by atoms with Crippen molar-refractivity contribution in [1.82, 2.24) is 0 Å². The SMILES string of the molecule is CCC[C@@H]1C[C@@H](O)[C@@H](C)C[C@H]1O. The zero-order chi connectivity index (χ0) is 9.14. The average Bonchev–Trinajstić information content (AvgIpc) is 2.01. The first-order valence-electron chi connectivity index (χ1n) is 5.01. The third-order valence-electron chi connectivity index (χ3n) is 3.02. The molecule has 2 nitrogen and oxygen atoms in total. The third kappa shape index (κ3) is 2.20. The predicted molar refractivity (Wildman–Crippen MR) is 48.8 cm³/mol. The number of aliphatic hydroxyl groups is 2. The fraction of sp³-hybridized carbons (Fsp3) is 1.00. The molecule has 0 aromatic carbocycles. The van der Waals surface area contributed by atoms with Crippen LogP contribution in [-0.2, 0) is 0 Å². The molecule has 1 fully saturated rings. The van der Waals surface area contributed by atoms with Crippen molar-refractivity contribution in [3.05, 3.63) is 0 Å². The van der Waals surface area contributed by atoms with Crippen LogP contribution in [0.5, 0.6) is 0 Å². The van der Waals surface area contributed by atoms with E-state index in [1.165, 1.54) is 0 Å². The normalized spacial score (nSPS) is 43.0. The van der Waals surface area contributed by atoms with Crippen LogP contribution in [0.15, 0.2) is 0 Å². The summed E-state index contributed by atoms with van der Waals surface area (Å²) in [7, 11) is 0. The molecule has 12 heavy (non-hydrogen) atoms. The standard InChI is InChI=1S/C10H20O2/c1-3-4-8-6-9(11)7(2)5-10(8)12/h7-12H,3-6H2,1-2H3/t7-,8+,9+,10+/m0/s1. The molecule has 1 saturated carbocycles. The molecule has 0 spiro atoms. The Balaban J connectivity index is 2.43. The van der Waals surface area contributed by atoms with Crippen LogP contribution in [0.4, 0.5) is 0 Å². The van der Waals surface area contributed by atoms with E-state index < -0.39 is 0 Å². The van der Waals surface area contributed by atoms with Crippen molar-refractivity contribution in [3.63, 3.8) is 0 Å². The minimum atomic E-state index is -0.190. The van der Waals surface area contributed by atoms with Crippen LogP contribution in [0.1, 0.15) is 39.5 Å². The molecule has 0 aromatic heterocycles. The topological polar surface area (TPSA) is 40.5 Å². The van der Waals surface area contributed by atoms with Gasteiger partial charge in [-0.3, -0.25) is 0 Å². The van der Waals surface area contributed by atoms with Gasteiger partial charge < -0.3 is 10.2 Å². The number of aliphatic hydroxyl groups excluding tert-OH is 2. The van der Waals surface area contributed by atoms with Gasteiger partial charge in [-0.1, -0.05) is 20.3 Å². The van der Waals surface area contributed by atoms with Crippen LogP contribution < -0.4 is 0 Å². The Kier molecular flexibility index (Phi) is 3.53. The number of rotatable bonds is 2. The molecule has 0 heterocycles. The van der Waals surface area contributed by atoms with E-state index in [0.717, 1.165) is 25.7 Å². The van der Waals surface area contributed by atoms with E-state index in [-0.39, 0.29) is 18.1 Å². The molecule has 2 N–H and O–H groups in total. The van der Waals surface area contributed by atoms with E-state index in [4.69, 9.17) is 0 Å². The Morgan fingerprint density at radius 3 is 2.42 bits per heavy atom. The second-order valence-corrected chi connectivity index (χ2v) is 4.13. The van der Waals surface area contributed by atoms with Crippen molar-refractivity contribution in [2.45, 2.75) is 51.7 Å². The van der Waals surface area contributed by atoms with Gasteiger partial charge in [-0.2, -0.15) is 0 Å². The van der Waals surface area contributed by atoms with Crippen LogP contribution >= 0.6 is 0 Å². The quantitative estimate of drug-likeness (QED) is 0.663. The van der Waals surface area contributed by atoms with Gasteiger partial charge in [0, 0.05) is 0 Å². The van der Waals surface area contributed by atoms with Gasteiger partial charge in [0.1, 0.15) is 0 Å². The zero-order valence-corrected chi connectivity index (χ0v) is 8.03. The second-order valence-electron chi connectivity index (χ2n) is 4.13. The molecule has 1 aliphatic carbocycles. The molecular formula is C10H20O2. The van der Waals surface area contributed by atoms with Crippen LogP contribution in [-0.4, -0.2) is 22.4 Å². The first-order chi connectivity index (χ1) is 5.65. The van der Waals surface area contributed by atoms with Gasteiger partial charge in [0.15, 0.2) is 0 Å². The van der Waals surface area contributed by atoms with Crippen LogP contribution in [0.2, 0.25) is 0 Å². The number of hydrogen-bond acceptors (Lipinski definition) is 2. The molecule has 4 atom stereocenters. The summed E-state index contributed by atoms with van der Waals surface area (Å²) < 4.78 is 0. The predicted octanol–water partition coefficient (Wildman–Crippen LogP) is 1.55. The Morgan fingerprint density at radius 2 is 1.83 bits per heavy atom. The third-order valence-corrected chi connectivity index (χ3v) is 3.02. The lowest BCUT2D eigenvalue weighted by atomic mass is 9.77. The Morgan fingerprint density at radius 1 is 1.17 bits per heavy atom. The highest BCUT2D eigenvalue weighted by molar-refractivity contribution is 4.83. The van der Waals surface area contributed by atoms with Gasteiger partial charge in [0.25, 0.3) is 0 Å². The largest absolute Gasteiger partial charge is 0.393 e. The lowest BCUT2D eigenvalue weighted by Gasteiger charge is -2.35. The fourth-order valence-corrected chi connectivity index (χ4v) is 2.11. The van der Waals surface area contributed by atoms with Crippen LogP contribution in [0, 0.1) is 11.8 Å². The smallest absolute Gasteiger partial charge is 0.0572 e. The summed E-state index contributed by atoms with van der Waals surface area (Å²) in [5.41, 5.74) is 0. The van der Waals surface area contributed by atoms with Gasteiger partial charge in [-0.15, -0.1) is 0 Å². The molecule has 0 saturated heterocycles. The monoisotopic (exact) mass is 172 g/mol. The minimum absolute atomic E-state index is 0.177. The summed E-state index contributed by atoms with van der Waals surface area (Å²) in [4.78, 5) is 0. The van der Waals surface area contributed by atoms with Crippen molar-refractivity contribution in [2.75, 3.05) is 0 Å². The lowest BCUT2D eigenvalue weighted by molar-refractivity contribution is -0.0292. The lowest BCUT2D eigenvalue weighted by Crippen LogP contribution is -2.37. The Hall–Kier alpha value is -0.0800. The molecule has 0 aliphatic heterocycles. The van der Waals surface area contributed by atoms with Crippen molar-refractivity contribution in [2.24, 2.45) is 11.8 Å². The van der Waals surface area contributed by atoms with Gasteiger partial charge in [0.05, 0.1) is 12.2 Å². The van der Waals surface area contributed by atoms with E-state index in [9.17, 15) is 10.2 Å². The maximum Gasteiger partial charge on any atom is 0.0572 e. The van der Waals surface area contributed by atoms with Gasteiger partial charge in [-0.05, 0) is 31.1 Å². The highest BCUT2D eigenvalue weighted by atomic mass is 16.3. The summed E-state index contributed by atoms with van der Waals surface area (Å²) in [6.45, 7) is 4.13. The van der Waals surface area contributed by atoms with Gasteiger partial charge in [0.2, 0.25) is 0 Å². The summed E-state index contributed by atoms with van der Waals surface area (Å²) in [5.74, 6) is 0.606. The van der Waals surface area contributed by atoms with Gasteiger partial charge >= 0.3 is 0 Å². The molecule has 0 bridgehead atoms. The van der Waals surface area contributed by atoms with E-state index in [2.05, 4.69) is 6.92 Å². The Bertz CT molecular complexity index is 136. The first-order valence-corrected chi connectivity index (χ1v) is 5.01. The van der Waals surface area contributed by atoms with Crippen molar-refractivity contribution >= 4 is 0 Å². The maximum atomic E-state index is 9.68. The zero-order valence-electron chi connectivity index (χ0n) is 8.03. The van der Waals surface area contributed by atoms with E-state index in [1.54, 1.807) is 0 Å². The highest BCUT2D eigenvalue weighted by Gasteiger charge is 2.31. The molecule has 0 aromatic rings. The van der Waals surface area contributed by atoms with Crippen LogP contribution in [0.25, 0.3) is 0 Å². The Labute approximate surface area is 74.6 Å². The maximum absolute atomic E-state index is 9.68. The van der Waals surface area contributed by atoms with E-state index >= 15 is 0 Å². The first kappa shape index (κ1) is 10.0. The van der Waals surface area contributed by atoms with Crippen molar-refractivity contribution in [3.8, 4) is 0 Å². The average molecular weight is 172 g/mol. The molecule has 1 rings (SSSR count). The second kappa shape index (κ2) is 4.24. The summed E-state index contributed by atoms with van der Waals surface area (Å²) in [6.07, 6.45) is 3.34. The van der Waals surface area contributed by atoms with Crippen LogP contribution in [0.3, 0.4) is 0 Å². The van der Waals surface area contributed by atoms with E-state index in [1.807, 2.05) is 6.92 Å². The summed E-state index contributed by atoms with van der Waals surface area (Å²) in [6, 6.07) is 0. The minimum Gasteiger partial charge on any atom is -0.393 e. The molecular weight excluding hydrogens is 152 g/mol. The summed E-state index contributed by atoms with van der Waals surface area (Å²) >= 11 is 0. The molecule has 0 unspecified atom stereocenters. The fourth-order valence-electron chi connectivity index (χ4n) is 2.11. The van der Waals surface area contributed by atoms with Gasteiger partial charge in [-0.25, -0.2) is 0 Å². The molecule has 1 aliphatic rings. The van der Waals surface area contributed by atoms with E-state index in [0.29, 0.717) is 5.92 Å². The van der Waals surface area contributed by atoms with Crippen molar-refractivity contribution in [1.29, 1.82) is 0 Å².